The number of halogens is 1. The number of hydrogen-bond acceptors (Lipinski definition) is 4. The van der Waals surface area contributed by atoms with E-state index in [0.717, 1.165) is 40.1 Å². The molecule has 2 amide bonds. The first-order valence-corrected chi connectivity index (χ1v) is 11.5. The molecule has 1 fully saturated rings. The van der Waals surface area contributed by atoms with Crippen LogP contribution in [0.2, 0.25) is 5.02 Å². The van der Waals surface area contributed by atoms with Crippen molar-refractivity contribution in [3.8, 4) is 6.19 Å². The van der Waals surface area contributed by atoms with E-state index in [9.17, 15) is 14.9 Å². The Hall–Kier alpha value is -3.30. The number of carbonyl (C=O) groups is 2. The molecule has 170 valence electrons. The van der Waals surface area contributed by atoms with Crippen molar-refractivity contribution in [2.24, 2.45) is 0 Å². The van der Waals surface area contributed by atoms with Crippen LogP contribution < -0.4 is 10.6 Å². The van der Waals surface area contributed by atoms with Gasteiger partial charge < -0.3 is 15.5 Å². The van der Waals surface area contributed by atoms with Crippen LogP contribution in [0.3, 0.4) is 0 Å². The normalized spacial score (nSPS) is 18.5. The average Bonchev–Trinajstić information content (AvgIpc) is 3.10. The summed E-state index contributed by atoms with van der Waals surface area (Å²) in [6, 6.07) is 11.4. The van der Waals surface area contributed by atoms with Gasteiger partial charge in [0, 0.05) is 28.9 Å². The molecule has 0 saturated carbocycles. The first kappa shape index (κ1) is 22.9. The van der Waals surface area contributed by atoms with E-state index >= 15 is 0 Å². The predicted molar refractivity (Wildman–Crippen MR) is 127 cm³/mol. The minimum atomic E-state index is -0.454. The number of nitrogens with zero attached hydrogens (tertiary/aromatic N) is 2. The molecule has 0 aliphatic carbocycles. The number of rotatable bonds is 7. The van der Waals surface area contributed by atoms with E-state index in [1.807, 2.05) is 37.3 Å². The van der Waals surface area contributed by atoms with E-state index in [0.29, 0.717) is 37.1 Å². The fourth-order valence-electron chi connectivity index (χ4n) is 4.57. The molecule has 6 nitrogen and oxygen atoms in total. The molecule has 2 aliphatic heterocycles. The number of nitriles is 1. The molecule has 1 saturated heterocycles. The van der Waals surface area contributed by atoms with E-state index in [1.54, 1.807) is 4.90 Å². The largest absolute Gasteiger partial charge is 0.329 e. The van der Waals surface area contributed by atoms with Crippen molar-refractivity contribution in [1.29, 1.82) is 5.26 Å². The molecule has 2 atom stereocenters. The second kappa shape index (κ2) is 9.68. The summed E-state index contributed by atoms with van der Waals surface area (Å²) >= 11 is 6.25. The summed E-state index contributed by atoms with van der Waals surface area (Å²) in [5.41, 5.74) is 5.54. The lowest BCUT2D eigenvalue weighted by atomic mass is 9.97. The lowest BCUT2D eigenvalue weighted by Crippen LogP contribution is -2.49. The van der Waals surface area contributed by atoms with Gasteiger partial charge in [-0.1, -0.05) is 42.4 Å². The quantitative estimate of drug-likeness (QED) is 0.481. The lowest BCUT2D eigenvalue weighted by molar-refractivity contribution is -0.126. The van der Waals surface area contributed by atoms with Crippen molar-refractivity contribution in [2.75, 3.05) is 0 Å². The molecule has 2 aromatic carbocycles. The maximum atomic E-state index is 12.9. The topological polar surface area (TPSA) is 85.2 Å². The summed E-state index contributed by atoms with van der Waals surface area (Å²) in [6.07, 6.45) is 5.59. The molecule has 2 N–H and O–H groups in total. The smallest absolute Gasteiger partial charge is 0.255 e. The van der Waals surface area contributed by atoms with Crippen LogP contribution in [0, 0.1) is 18.4 Å². The van der Waals surface area contributed by atoms with Crippen LogP contribution in [0.25, 0.3) is 0 Å². The molecule has 2 aromatic rings. The highest BCUT2D eigenvalue weighted by Crippen LogP contribution is 2.29. The number of piperidine rings is 1. The summed E-state index contributed by atoms with van der Waals surface area (Å²) in [4.78, 5) is 26.9. The zero-order valence-corrected chi connectivity index (χ0v) is 19.4. The van der Waals surface area contributed by atoms with E-state index < -0.39 is 6.04 Å². The molecule has 7 heteroatoms. The van der Waals surface area contributed by atoms with Crippen molar-refractivity contribution in [1.82, 2.24) is 15.5 Å². The van der Waals surface area contributed by atoms with Gasteiger partial charge in [-0.3, -0.25) is 9.59 Å². The van der Waals surface area contributed by atoms with E-state index in [2.05, 4.69) is 29.5 Å². The SMILES string of the molecule is C=C1CCC(N2Cc3cc(CCC(Cc4ccc(C)c(Cl)c4)NC#N)ccc3C2=O)C(=O)N1. The maximum Gasteiger partial charge on any atom is 0.255 e. The summed E-state index contributed by atoms with van der Waals surface area (Å²) in [6.45, 7) is 6.22. The first-order valence-electron chi connectivity index (χ1n) is 11.2. The first-order chi connectivity index (χ1) is 15.9. The van der Waals surface area contributed by atoms with Gasteiger partial charge in [0.2, 0.25) is 5.91 Å². The highest BCUT2D eigenvalue weighted by molar-refractivity contribution is 6.31. The summed E-state index contributed by atoms with van der Waals surface area (Å²) in [5, 5.41) is 15.6. The van der Waals surface area contributed by atoms with Crippen molar-refractivity contribution in [3.05, 3.63) is 81.5 Å². The third-order valence-electron chi connectivity index (χ3n) is 6.47. The summed E-state index contributed by atoms with van der Waals surface area (Å²) in [5.74, 6) is -0.251. The van der Waals surface area contributed by atoms with Crippen molar-refractivity contribution in [3.63, 3.8) is 0 Å². The zero-order chi connectivity index (χ0) is 23.5. The van der Waals surface area contributed by atoms with Crippen LogP contribution in [0.1, 0.15) is 51.9 Å². The fourth-order valence-corrected chi connectivity index (χ4v) is 4.77. The van der Waals surface area contributed by atoms with Gasteiger partial charge >= 0.3 is 0 Å². The lowest BCUT2D eigenvalue weighted by Gasteiger charge is -2.30. The molecular formula is C26H27ClN4O2. The number of allylic oxidation sites excluding steroid dienone is 1. The monoisotopic (exact) mass is 462 g/mol. The minimum absolute atomic E-state index is 0.0146. The van der Waals surface area contributed by atoms with Gasteiger partial charge in [0.25, 0.3) is 5.91 Å². The molecule has 2 heterocycles. The van der Waals surface area contributed by atoms with Gasteiger partial charge in [-0.15, -0.1) is 0 Å². The summed E-state index contributed by atoms with van der Waals surface area (Å²) in [7, 11) is 0. The number of hydrogen-bond donors (Lipinski definition) is 2. The number of aryl methyl sites for hydroxylation is 2. The van der Waals surface area contributed by atoms with Gasteiger partial charge in [-0.25, -0.2) is 0 Å². The Morgan fingerprint density at radius 2 is 2.06 bits per heavy atom. The Morgan fingerprint density at radius 3 is 2.79 bits per heavy atom. The van der Waals surface area contributed by atoms with E-state index in [-0.39, 0.29) is 17.9 Å². The van der Waals surface area contributed by atoms with Crippen molar-refractivity contribution < 1.29 is 9.59 Å². The number of nitrogens with one attached hydrogen (secondary N) is 2. The third kappa shape index (κ3) is 5.04. The van der Waals surface area contributed by atoms with E-state index in [1.165, 1.54) is 0 Å². The van der Waals surface area contributed by atoms with Crippen LogP contribution in [-0.2, 0) is 24.2 Å². The fraction of sp³-hybridized carbons (Fsp3) is 0.346. The number of benzene rings is 2. The van der Waals surface area contributed by atoms with Crippen LogP contribution >= 0.6 is 11.6 Å². The zero-order valence-electron chi connectivity index (χ0n) is 18.7. The summed E-state index contributed by atoms with van der Waals surface area (Å²) < 4.78 is 0. The van der Waals surface area contributed by atoms with Crippen molar-refractivity contribution in [2.45, 2.75) is 57.7 Å². The Morgan fingerprint density at radius 1 is 1.27 bits per heavy atom. The van der Waals surface area contributed by atoms with Crippen LogP contribution in [0.15, 0.2) is 48.7 Å². The molecule has 0 radical (unpaired) electrons. The maximum absolute atomic E-state index is 12.9. The molecule has 4 rings (SSSR count). The Labute approximate surface area is 199 Å². The van der Waals surface area contributed by atoms with Gasteiger partial charge in [0.15, 0.2) is 6.19 Å². The van der Waals surface area contributed by atoms with E-state index in [4.69, 9.17) is 11.6 Å². The molecule has 0 spiro atoms. The molecule has 33 heavy (non-hydrogen) atoms. The van der Waals surface area contributed by atoms with Gasteiger partial charge in [0.1, 0.15) is 6.04 Å². The predicted octanol–water partition coefficient (Wildman–Crippen LogP) is 4.01. The van der Waals surface area contributed by atoms with Crippen LogP contribution in [0.5, 0.6) is 0 Å². The molecule has 0 aromatic heterocycles. The Balaban J connectivity index is 1.41. The average molecular weight is 463 g/mol. The standard InChI is InChI=1S/C26H27ClN4O2/c1-16-3-5-19(13-23(16)27)12-21(29-15-28)8-6-18-7-9-22-20(11-18)14-31(26(22)33)24-10-4-17(2)30-25(24)32/h3,5,7,9,11,13,21,24,29H,2,4,6,8,10,12,14H2,1H3,(H,30,32). The number of amides is 2. The highest BCUT2D eigenvalue weighted by atomic mass is 35.5. The highest BCUT2D eigenvalue weighted by Gasteiger charge is 2.38. The molecule has 2 unspecified atom stereocenters. The van der Waals surface area contributed by atoms with Gasteiger partial charge in [0.05, 0.1) is 0 Å². The van der Waals surface area contributed by atoms with Crippen molar-refractivity contribution >= 4 is 23.4 Å². The number of fused-ring (bicyclic) bond motifs is 1. The Kier molecular flexibility index (Phi) is 6.71. The Bertz CT molecular complexity index is 1150. The second-order valence-corrected chi connectivity index (χ2v) is 9.26. The number of carbonyl (C=O) groups excluding carboxylic acids is 2. The van der Waals surface area contributed by atoms with Gasteiger partial charge in [-0.05, 0) is 73.4 Å². The van der Waals surface area contributed by atoms with Crippen LogP contribution in [-0.4, -0.2) is 28.8 Å². The second-order valence-electron chi connectivity index (χ2n) is 8.85. The molecule has 0 bridgehead atoms. The van der Waals surface area contributed by atoms with Crippen LogP contribution in [0.4, 0.5) is 0 Å². The molecular weight excluding hydrogens is 436 g/mol. The van der Waals surface area contributed by atoms with Gasteiger partial charge in [-0.2, -0.15) is 5.26 Å². The third-order valence-corrected chi connectivity index (χ3v) is 6.88. The molecule has 2 aliphatic rings. The minimum Gasteiger partial charge on any atom is -0.329 e.